The minimum Gasteiger partial charge on any atom is -0.493 e. The van der Waals surface area contributed by atoms with Crippen LogP contribution in [0.3, 0.4) is 0 Å². The molecule has 0 spiro atoms. The van der Waals surface area contributed by atoms with Gasteiger partial charge >= 0.3 is 0 Å². The zero-order valence-corrected chi connectivity index (χ0v) is 11.5. The standard InChI is InChI=1S/C14H19N3O2/c1-10(15)11-4-5-12(13(8-11)18-3)19-9-14-16-6-7-17(14)2/h4-8,10H,9,15H2,1-3H3. The molecule has 5 nitrogen and oxygen atoms in total. The zero-order valence-electron chi connectivity index (χ0n) is 11.5. The molecule has 2 rings (SSSR count). The summed E-state index contributed by atoms with van der Waals surface area (Å²) in [6.07, 6.45) is 3.63. The molecule has 1 atom stereocenters. The van der Waals surface area contributed by atoms with Crippen molar-refractivity contribution in [1.82, 2.24) is 9.55 Å². The predicted octanol–water partition coefficient (Wildman–Crippen LogP) is 2.03. The van der Waals surface area contributed by atoms with E-state index < -0.39 is 0 Å². The second-order valence-corrected chi connectivity index (χ2v) is 4.44. The van der Waals surface area contributed by atoms with E-state index in [0.29, 0.717) is 18.1 Å². The van der Waals surface area contributed by atoms with Gasteiger partial charge in [-0.2, -0.15) is 0 Å². The van der Waals surface area contributed by atoms with Crippen LogP contribution in [0.15, 0.2) is 30.6 Å². The summed E-state index contributed by atoms with van der Waals surface area (Å²) in [5.74, 6) is 2.23. The van der Waals surface area contributed by atoms with E-state index in [1.807, 2.05) is 42.9 Å². The molecule has 0 amide bonds. The molecule has 0 radical (unpaired) electrons. The van der Waals surface area contributed by atoms with Crippen LogP contribution in [0.5, 0.6) is 11.5 Å². The van der Waals surface area contributed by atoms with Crippen molar-refractivity contribution in [3.63, 3.8) is 0 Å². The number of nitrogens with two attached hydrogens (primary N) is 1. The average molecular weight is 261 g/mol. The van der Waals surface area contributed by atoms with Crippen LogP contribution in [-0.2, 0) is 13.7 Å². The number of aromatic nitrogens is 2. The fraction of sp³-hybridized carbons (Fsp3) is 0.357. The number of aryl methyl sites for hydroxylation is 1. The van der Waals surface area contributed by atoms with Crippen molar-refractivity contribution < 1.29 is 9.47 Å². The number of benzene rings is 1. The third-order valence-corrected chi connectivity index (χ3v) is 2.99. The van der Waals surface area contributed by atoms with Gasteiger partial charge in [0, 0.05) is 25.5 Å². The van der Waals surface area contributed by atoms with Crippen LogP contribution in [0, 0.1) is 0 Å². The number of nitrogens with zero attached hydrogens (tertiary/aromatic N) is 2. The second-order valence-electron chi connectivity index (χ2n) is 4.44. The van der Waals surface area contributed by atoms with E-state index in [4.69, 9.17) is 15.2 Å². The Hall–Kier alpha value is -2.01. The third-order valence-electron chi connectivity index (χ3n) is 2.99. The van der Waals surface area contributed by atoms with Crippen molar-refractivity contribution in [3.8, 4) is 11.5 Å². The Morgan fingerprint density at radius 3 is 2.74 bits per heavy atom. The Kier molecular flexibility index (Phi) is 4.06. The molecule has 1 unspecified atom stereocenters. The topological polar surface area (TPSA) is 62.3 Å². The molecule has 0 saturated carbocycles. The van der Waals surface area contributed by atoms with Crippen molar-refractivity contribution in [2.75, 3.05) is 7.11 Å². The van der Waals surface area contributed by atoms with Crippen LogP contribution in [0.1, 0.15) is 24.4 Å². The van der Waals surface area contributed by atoms with E-state index in [1.165, 1.54) is 0 Å². The summed E-state index contributed by atoms with van der Waals surface area (Å²) in [6.45, 7) is 2.33. The quantitative estimate of drug-likeness (QED) is 0.894. The molecule has 0 aliphatic rings. The summed E-state index contributed by atoms with van der Waals surface area (Å²) in [7, 11) is 3.55. The molecule has 2 aromatic rings. The van der Waals surface area contributed by atoms with E-state index in [2.05, 4.69) is 4.98 Å². The highest BCUT2D eigenvalue weighted by molar-refractivity contribution is 5.43. The Morgan fingerprint density at radius 1 is 1.37 bits per heavy atom. The smallest absolute Gasteiger partial charge is 0.161 e. The van der Waals surface area contributed by atoms with Gasteiger partial charge in [0.2, 0.25) is 0 Å². The number of imidazole rings is 1. The highest BCUT2D eigenvalue weighted by atomic mass is 16.5. The molecule has 0 bridgehead atoms. The molecule has 5 heteroatoms. The number of methoxy groups -OCH3 is 1. The molecule has 1 aromatic heterocycles. The van der Waals surface area contributed by atoms with E-state index in [-0.39, 0.29) is 6.04 Å². The van der Waals surface area contributed by atoms with Gasteiger partial charge in [-0.3, -0.25) is 0 Å². The van der Waals surface area contributed by atoms with Gasteiger partial charge in [-0.1, -0.05) is 6.07 Å². The largest absolute Gasteiger partial charge is 0.493 e. The first-order valence-corrected chi connectivity index (χ1v) is 6.14. The van der Waals surface area contributed by atoms with Crippen molar-refractivity contribution in [2.45, 2.75) is 19.6 Å². The summed E-state index contributed by atoms with van der Waals surface area (Å²) >= 11 is 0. The van der Waals surface area contributed by atoms with Crippen LogP contribution in [0.2, 0.25) is 0 Å². The lowest BCUT2D eigenvalue weighted by Gasteiger charge is -2.13. The van der Waals surface area contributed by atoms with Crippen molar-refractivity contribution in [1.29, 1.82) is 0 Å². The minimum absolute atomic E-state index is 0.0301. The minimum atomic E-state index is -0.0301. The van der Waals surface area contributed by atoms with Crippen molar-refractivity contribution in [3.05, 3.63) is 42.0 Å². The summed E-state index contributed by atoms with van der Waals surface area (Å²) in [6, 6.07) is 5.69. The molecule has 1 aromatic carbocycles. The lowest BCUT2D eigenvalue weighted by atomic mass is 10.1. The first-order chi connectivity index (χ1) is 9.11. The molecule has 1 heterocycles. The van der Waals surface area contributed by atoms with Gasteiger partial charge in [0.05, 0.1) is 7.11 Å². The lowest BCUT2D eigenvalue weighted by Crippen LogP contribution is -2.07. The third kappa shape index (κ3) is 3.06. The molecule has 0 saturated heterocycles. The van der Waals surface area contributed by atoms with Gasteiger partial charge in [0.25, 0.3) is 0 Å². The van der Waals surface area contributed by atoms with Crippen LogP contribution in [0.4, 0.5) is 0 Å². The molecule has 2 N–H and O–H groups in total. The van der Waals surface area contributed by atoms with E-state index in [0.717, 1.165) is 11.4 Å². The molecule has 19 heavy (non-hydrogen) atoms. The Bertz CT molecular complexity index is 549. The fourth-order valence-electron chi connectivity index (χ4n) is 1.76. The SMILES string of the molecule is COc1cc(C(C)N)ccc1OCc1nccn1C. The van der Waals surface area contributed by atoms with Crippen LogP contribution in [0.25, 0.3) is 0 Å². The van der Waals surface area contributed by atoms with Gasteiger partial charge in [-0.25, -0.2) is 4.98 Å². The highest BCUT2D eigenvalue weighted by Crippen LogP contribution is 2.30. The monoisotopic (exact) mass is 261 g/mol. The second kappa shape index (κ2) is 5.75. The van der Waals surface area contributed by atoms with Gasteiger partial charge in [-0.15, -0.1) is 0 Å². The van der Waals surface area contributed by atoms with E-state index in [9.17, 15) is 0 Å². The molecule has 102 valence electrons. The summed E-state index contributed by atoms with van der Waals surface area (Å²) in [4.78, 5) is 4.21. The zero-order chi connectivity index (χ0) is 13.8. The molecular weight excluding hydrogens is 242 g/mol. The number of hydrogen-bond acceptors (Lipinski definition) is 4. The number of ether oxygens (including phenoxy) is 2. The first kappa shape index (κ1) is 13.4. The summed E-state index contributed by atoms with van der Waals surface area (Å²) in [5, 5.41) is 0. The summed E-state index contributed by atoms with van der Waals surface area (Å²) < 4.78 is 13.0. The number of hydrogen-bond donors (Lipinski definition) is 1. The van der Waals surface area contributed by atoms with Gasteiger partial charge in [0.1, 0.15) is 12.4 Å². The predicted molar refractivity (Wildman–Crippen MR) is 73.1 cm³/mol. The molecular formula is C14H19N3O2. The van der Waals surface area contributed by atoms with Crippen LogP contribution >= 0.6 is 0 Å². The normalized spacial score (nSPS) is 12.2. The van der Waals surface area contributed by atoms with Crippen LogP contribution < -0.4 is 15.2 Å². The summed E-state index contributed by atoms with van der Waals surface area (Å²) in [5.41, 5.74) is 6.86. The first-order valence-electron chi connectivity index (χ1n) is 6.14. The van der Waals surface area contributed by atoms with Gasteiger partial charge < -0.3 is 19.8 Å². The Labute approximate surface area is 113 Å². The molecule has 0 aliphatic carbocycles. The van der Waals surface area contributed by atoms with E-state index in [1.54, 1.807) is 13.3 Å². The van der Waals surface area contributed by atoms with Crippen LogP contribution in [-0.4, -0.2) is 16.7 Å². The van der Waals surface area contributed by atoms with Gasteiger partial charge in [0.15, 0.2) is 11.5 Å². The Morgan fingerprint density at radius 2 is 2.16 bits per heavy atom. The van der Waals surface area contributed by atoms with E-state index >= 15 is 0 Å². The fourth-order valence-corrected chi connectivity index (χ4v) is 1.76. The lowest BCUT2D eigenvalue weighted by molar-refractivity contribution is 0.273. The maximum Gasteiger partial charge on any atom is 0.161 e. The van der Waals surface area contributed by atoms with Gasteiger partial charge in [-0.05, 0) is 24.6 Å². The maximum absolute atomic E-state index is 5.85. The Balaban J connectivity index is 2.14. The highest BCUT2D eigenvalue weighted by Gasteiger charge is 2.09. The van der Waals surface area contributed by atoms with Crippen molar-refractivity contribution >= 4 is 0 Å². The number of rotatable bonds is 5. The average Bonchev–Trinajstić information content (AvgIpc) is 2.81. The van der Waals surface area contributed by atoms with Crippen molar-refractivity contribution in [2.24, 2.45) is 12.8 Å². The molecule has 0 fully saturated rings. The molecule has 0 aliphatic heterocycles. The maximum atomic E-state index is 5.85.